The zero-order valence-corrected chi connectivity index (χ0v) is 11.9. The lowest BCUT2D eigenvalue weighted by molar-refractivity contribution is 0.0950. The summed E-state index contributed by atoms with van der Waals surface area (Å²) in [5.74, 6) is -0.175. The number of nitrogens with two attached hydrogens (primary N) is 1. The minimum Gasteiger partial charge on any atom is -0.389 e. The van der Waals surface area contributed by atoms with Crippen LogP contribution in [0, 0.1) is 6.92 Å². The Kier molecular flexibility index (Phi) is 4.42. The van der Waals surface area contributed by atoms with E-state index in [9.17, 15) is 4.79 Å². The highest BCUT2D eigenvalue weighted by Gasteiger charge is 2.07. The molecule has 1 heterocycles. The average molecular weight is 285 g/mol. The summed E-state index contributed by atoms with van der Waals surface area (Å²) in [5, 5.41) is 2.82. The van der Waals surface area contributed by atoms with Gasteiger partial charge in [-0.1, -0.05) is 30.4 Å². The number of hydrogen-bond donors (Lipinski definition) is 2. The number of nitrogens with one attached hydrogen (secondary N) is 1. The third-order valence-corrected chi connectivity index (χ3v) is 3.02. The minimum atomic E-state index is -0.175. The van der Waals surface area contributed by atoms with Gasteiger partial charge in [-0.15, -0.1) is 0 Å². The summed E-state index contributed by atoms with van der Waals surface area (Å²) in [5.41, 5.74) is 8.51. The largest absolute Gasteiger partial charge is 0.389 e. The predicted molar refractivity (Wildman–Crippen MR) is 82.5 cm³/mol. The van der Waals surface area contributed by atoms with Crippen LogP contribution in [0.25, 0.3) is 0 Å². The number of rotatable bonds is 4. The fourth-order valence-corrected chi connectivity index (χ4v) is 1.91. The molecule has 0 saturated carbocycles. The molecule has 0 radical (unpaired) electrons. The number of carbonyl (C=O) groups is 1. The molecule has 0 fully saturated rings. The third-order valence-electron chi connectivity index (χ3n) is 2.79. The van der Waals surface area contributed by atoms with Gasteiger partial charge in [-0.25, -0.2) is 0 Å². The van der Waals surface area contributed by atoms with Gasteiger partial charge >= 0.3 is 0 Å². The van der Waals surface area contributed by atoms with Crippen molar-refractivity contribution in [2.24, 2.45) is 5.73 Å². The van der Waals surface area contributed by atoms with Gasteiger partial charge in [0.2, 0.25) is 0 Å². The molecule has 2 aromatic rings. The van der Waals surface area contributed by atoms with Crippen LogP contribution in [-0.2, 0) is 6.54 Å². The van der Waals surface area contributed by atoms with Crippen molar-refractivity contribution in [3.8, 4) is 0 Å². The van der Waals surface area contributed by atoms with Crippen molar-refractivity contribution >= 4 is 23.1 Å². The lowest BCUT2D eigenvalue weighted by Gasteiger charge is -2.06. The molecule has 5 heteroatoms. The molecule has 20 heavy (non-hydrogen) atoms. The fourth-order valence-electron chi connectivity index (χ4n) is 1.78. The van der Waals surface area contributed by atoms with Crippen molar-refractivity contribution in [2.75, 3.05) is 0 Å². The number of aromatic nitrogens is 1. The van der Waals surface area contributed by atoms with Gasteiger partial charge in [0.25, 0.3) is 5.91 Å². The lowest BCUT2D eigenvalue weighted by Crippen LogP contribution is -2.24. The molecule has 4 nitrogen and oxygen atoms in total. The van der Waals surface area contributed by atoms with Crippen LogP contribution >= 0.6 is 12.2 Å². The maximum atomic E-state index is 12.1. The normalized spacial score (nSPS) is 10.1. The van der Waals surface area contributed by atoms with Gasteiger partial charge in [-0.3, -0.25) is 9.78 Å². The zero-order valence-electron chi connectivity index (χ0n) is 11.1. The Morgan fingerprint density at radius 1 is 1.25 bits per heavy atom. The van der Waals surface area contributed by atoms with Crippen molar-refractivity contribution in [3.05, 3.63) is 65.0 Å². The highest BCUT2D eigenvalue weighted by Crippen LogP contribution is 2.06. The summed E-state index contributed by atoms with van der Waals surface area (Å²) >= 11 is 4.90. The van der Waals surface area contributed by atoms with Gasteiger partial charge in [0.15, 0.2) is 0 Å². The smallest absolute Gasteiger partial charge is 0.251 e. The van der Waals surface area contributed by atoms with E-state index in [1.807, 2.05) is 25.1 Å². The van der Waals surface area contributed by atoms with Crippen LogP contribution in [0.2, 0.25) is 0 Å². The van der Waals surface area contributed by atoms with Crippen molar-refractivity contribution < 1.29 is 4.79 Å². The Morgan fingerprint density at radius 2 is 1.95 bits per heavy atom. The van der Waals surface area contributed by atoms with E-state index in [1.165, 1.54) is 0 Å². The Balaban J connectivity index is 2.05. The first-order valence-electron chi connectivity index (χ1n) is 6.17. The van der Waals surface area contributed by atoms with E-state index in [4.69, 9.17) is 18.0 Å². The first-order chi connectivity index (χ1) is 9.56. The van der Waals surface area contributed by atoms with Crippen LogP contribution in [0.5, 0.6) is 0 Å². The second kappa shape index (κ2) is 6.25. The van der Waals surface area contributed by atoms with Gasteiger partial charge < -0.3 is 11.1 Å². The molecule has 102 valence electrons. The standard InChI is InChI=1S/C15H15N3OS/c1-10-4-2-7-13(18-10)9-17-15(19)12-6-3-5-11(8-12)14(16)20/h2-8H,9H2,1H3,(H2,16,20)(H,17,19). The maximum absolute atomic E-state index is 12.1. The molecule has 0 saturated heterocycles. The number of thiocarbonyl (C=S) groups is 1. The van der Waals surface area contributed by atoms with E-state index in [-0.39, 0.29) is 10.9 Å². The van der Waals surface area contributed by atoms with Crippen molar-refractivity contribution in [1.82, 2.24) is 10.3 Å². The van der Waals surface area contributed by atoms with Crippen LogP contribution in [0.15, 0.2) is 42.5 Å². The number of hydrogen-bond acceptors (Lipinski definition) is 3. The van der Waals surface area contributed by atoms with Crippen LogP contribution in [0.3, 0.4) is 0 Å². The Morgan fingerprint density at radius 3 is 2.65 bits per heavy atom. The van der Waals surface area contributed by atoms with Gasteiger partial charge in [0.05, 0.1) is 12.2 Å². The molecule has 0 aliphatic carbocycles. The van der Waals surface area contributed by atoms with Crippen LogP contribution in [0.1, 0.15) is 27.3 Å². The topological polar surface area (TPSA) is 68.0 Å². The molecule has 0 bridgehead atoms. The molecular formula is C15H15N3OS. The van der Waals surface area contributed by atoms with Crippen molar-refractivity contribution in [3.63, 3.8) is 0 Å². The number of benzene rings is 1. The van der Waals surface area contributed by atoms with Crippen molar-refractivity contribution in [2.45, 2.75) is 13.5 Å². The zero-order chi connectivity index (χ0) is 14.5. The number of aryl methyl sites for hydroxylation is 1. The second-order valence-electron chi connectivity index (χ2n) is 4.40. The molecule has 2 rings (SSSR count). The van der Waals surface area contributed by atoms with Crippen LogP contribution in [-0.4, -0.2) is 15.9 Å². The second-order valence-corrected chi connectivity index (χ2v) is 4.84. The Hall–Kier alpha value is -2.27. The number of pyridine rings is 1. The minimum absolute atomic E-state index is 0.175. The monoisotopic (exact) mass is 285 g/mol. The van der Waals surface area contributed by atoms with E-state index >= 15 is 0 Å². The summed E-state index contributed by atoms with van der Waals surface area (Å²) in [6.45, 7) is 2.30. The molecule has 3 N–H and O–H groups in total. The SMILES string of the molecule is Cc1cccc(CNC(=O)c2cccc(C(N)=S)c2)n1. The van der Waals surface area contributed by atoms with E-state index in [2.05, 4.69) is 10.3 Å². The first-order valence-corrected chi connectivity index (χ1v) is 6.57. The highest BCUT2D eigenvalue weighted by molar-refractivity contribution is 7.80. The molecule has 0 aliphatic rings. The molecular weight excluding hydrogens is 270 g/mol. The van der Waals surface area contributed by atoms with Crippen LogP contribution in [0.4, 0.5) is 0 Å². The summed E-state index contributed by atoms with van der Waals surface area (Å²) in [7, 11) is 0. The maximum Gasteiger partial charge on any atom is 0.251 e. The summed E-state index contributed by atoms with van der Waals surface area (Å²) < 4.78 is 0. The molecule has 0 atom stereocenters. The molecule has 0 unspecified atom stereocenters. The van der Waals surface area contributed by atoms with Crippen LogP contribution < -0.4 is 11.1 Å². The molecule has 1 aromatic carbocycles. The summed E-state index contributed by atoms with van der Waals surface area (Å²) in [6.07, 6.45) is 0. The number of amides is 1. The van der Waals surface area contributed by atoms with E-state index < -0.39 is 0 Å². The summed E-state index contributed by atoms with van der Waals surface area (Å²) in [4.78, 5) is 16.7. The van der Waals surface area contributed by atoms with Gasteiger partial charge in [0, 0.05) is 16.8 Å². The van der Waals surface area contributed by atoms with E-state index in [0.717, 1.165) is 11.4 Å². The molecule has 1 aromatic heterocycles. The van der Waals surface area contributed by atoms with Gasteiger partial charge in [-0.2, -0.15) is 0 Å². The molecule has 0 aliphatic heterocycles. The van der Waals surface area contributed by atoms with E-state index in [0.29, 0.717) is 17.7 Å². The summed E-state index contributed by atoms with van der Waals surface area (Å²) in [6, 6.07) is 12.6. The third kappa shape index (κ3) is 3.61. The first kappa shape index (κ1) is 14.1. The molecule has 1 amide bonds. The Labute approximate surface area is 123 Å². The predicted octanol–water partition coefficient (Wildman–Crippen LogP) is 1.95. The van der Waals surface area contributed by atoms with Crippen molar-refractivity contribution in [1.29, 1.82) is 0 Å². The average Bonchev–Trinajstić information content (AvgIpc) is 2.45. The van der Waals surface area contributed by atoms with Gasteiger partial charge in [0.1, 0.15) is 4.99 Å². The Bertz CT molecular complexity index is 655. The number of nitrogens with zero attached hydrogens (tertiary/aromatic N) is 1. The lowest BCUT2D eigenvalue weighted by atomic mass is 10.1. The number of carbonyl (C=O) groups excluding carboxylic acids is 1. The molecule has 0 spiro atoms. The highest BCUT2D eigenvalue weighted by atomic mass is 32.1. The quantitative estimate of drug-likeness (QED) is 0.843. The van der Waals surface area contributed by atoms with Gasteiger partial charge in [-0.05, 0) is 31.2 Å². The fraction of sp³-hybridized carbons (Fsp3) is 0.133. The van der Waals surface area contributed by atoms with E-state index in [1.54, 1.807) is 24.3 Å².